The number of aliphatic hydroxyl groups excluding tert-OH is 1. The van der Waals surface area contributed by atoms with Crippen LogP contribution in [0.1, 0.15) is 44.4 Å². The number of nitriles is 1. The van der Waals surface area contributed by atoms with Gasteiger partial charge in [0.2, 0.25) is 12.5 Å². The Morgan fingerprint density at radius 3 is 2.12 bits per heavy atom. The molecule has 10 nitrogen and oxygen atoms in total. The van der Waals surface area contributed by atoms with Crippen LogP contribution >= 0.6 is 0 Å². The normalized spacial score (nSPS) is 15.8. The maximum absolute atomic E-state index is 13.3. The number of rotatable bonds is 11. The van der Waals surface area contributed by atoms with Gasteiger partial charge < -0.3 is 38.0 Å². The van der Waals surface area contributed by atoms with Crippen LogP contribution in [0.15, 0.2) is 30.3 Å². The van der Waals surface area contributed by atoms with Crippen LogP contribution in [0.25, 0.3) is 0 Å². The first-order valence-corrected chi connectivity index (χ1v) is 15.8. The maximum atomic E-state index is 13.3. The van der Waals surface area contributed by atoms with Crippen molar-refractivity contribution < 1.29 is 42.7 Å². The summed E-state index contributed by atoms with van der Waals surface area (Å²) in [6.07, 6.45) is -1.62. The fourth-order valence-corrected chi connectivity index (χ4v) is 5.80. The molecule has 3 unspecified atom stereocenters. The number of hydrogen-bond donors (Lipinski definition) is 1. The van der Waals surface area contributed by atoms with Crippen LogP contribution in [-0.4, -0.2) is 54.6 Å². The van der Waals surface area contributed by atoms with Crippen LogP contribution in [0, 0.1) is 17.2 Å². The molecule has 0 spiro atoms. The number of ether oxygens (including phenoxy) is 6. The van der Waals surface area contributed by atoms with Crippen molar-refractivity contribution >= 4 is 14.3 Å². The van der Waals surface area contributed by atoms with Gasteiger partial charge >= 0.3 is 5.97 Å². The molecular formula is C29H39NO9Si. The number of nitrogens with zero attached hydrogens (tertiary/aromatic N) is 1. The second kappa shape index (κ2) is 12.0. The molecule has 1 aliphatic rings. The van der Waals surface area contributed by atoms with Crippen molar-refractivity contribution in [3.8, 4) is 34.8 Å². The number of esters is 1. The van der Waals surface area contributed by atoms with E-state index in [9.17, 15) is 15.2 Å². The smallest absolute Gasteiger partial charge is 0.311 e. The molecule has 40 heavy (non-hydrogen) atoms. The van der Waals surface area contributed by atoms with E-state index in [-0.39, 0.29) is 18.3 Å². The lowest BCUT2D eigenvalue weighted by molar-refractivity contribution is -0.152. The van der Waals surface area contributed by atoms with Crippen molar-refractivity contribution in [2.45, 2.75) is 57.0 Å². The Labute approximate surface area is 236 Å². The van der Waals surface area contributed by atoms with Crippen LogP contribution in [-0.2, 0) is 19.6 Å². The van der Waals surface area contributed by atoms with Crippen LogP contribution in [0.2, 0.25) is 18.1 Å². The molecule has 1 N–H and O–H groups in total. The Morgan fingerprint density at radius 2 is 1.62 bits per heavy atom. The highest BCUT2D eigenvalue weighted by Crippen LogP contribution is 2.48. The van der Waals surface area contributed by atoms with Crippen LogP contribution < -0.4 is 23.7 Å². The molecule has 3 atom stereocenters. The molecular weight excluding hydrogens is 534 g/mol. The molecule has 0 amide bonds. The quantitative estimate of drug-likeness (QED) is 0.287. The lowest BCUT2D eigenvalue weighted by Crippen LogP contribution is -2.49. The van der Waals surface area contributed by atoms with E-state index in [0.29, 0.717) is 39.9 Å². The standard InChI is InChI=1S/C29H39NO9Si/c1-28(2,3)40(8,9)39-29(16-30,19-10-11-21-22(14-19)38-17-37-21)15-20(27(32)36-7)25(31)18-12-23(33-4)26(35-6)24(13-18)34-5/h10-14,20,25,31H,15,17H2,1-9H3. The van der Waals surface area contributed by atoms with Crippen molar-refractivity contribution in [3.05, 3.63) is 41.5 Å². The predicted molar refractivity (Wildman–Crippen MR) is 149 cm³/mol. The highest BCUT2D eigenvalue weighted by Gasteiger charge is 2.49. The Morgan fingerprint density at radius 1 is 1.02 bits per heavy atom. The molecule has 1 heterocycles. The molecule has 3 rings (SSSR count). The van der Waals surface area contributed by atoms with Gasteiger partial charge in [-0.05, 0) is 48.0 Å². The topological polar surface area (TPSA) is 126 Å². The number of aliphatic hydroxyl groups is 1. The van der Waals surface area contributed by atoms with E-state index in [1.165, 1.54) is 28.4 Å². The van der Waals surface area contributed by atoms with E-state index in [1.54, 1.807) is 30.3 Å². The molecule has 0 fully saturated rings. The summed E-state index contributed by atoms with van der Waals surface area (Å²) < 4.78 is 39.3. The average molecular weight is 574 g/mol. The third kappa shape index (κ3) is 5.99. The van der Waals surface area contributed by atoms with Crippen molar-refractivity contribution in [3.63, 3.8) is 0 Å². The van der Waals surface area contributed by atoms with Crippen LogP contribution in [0.5, 0.6) is 28.7 Å². The molecule has 0 bridgehead atoms. The largest absolute Gasteiger partial charge is 0.493 e. The SMILES string of the molecule is COC(=O)C(CC(C#N)(O[Si](C)(C)C(C)(C)C)c1ccc2c(c1)OCO2)C(O)c1cc(OC)c(OC)c(OC)c1. The van der Waals surface area contributed by atoms with Gasteiger partial charge in [-0.15, -0.1) is 0 Å². The summed E-state index contributed by atoms with van der Waals surface area (Å²) in [6.45, 7) is 10.3. The molecule has 0 saturated carbocycles. The number of carbonyl (C=O) groups is 1. The Bertz CT molecular complexity index is 1240. The molecule has 2 aromatic rings. The number of benzene rings is 2. The molecule has 0 aromatic heterocycles. The van der Waals surface area contributed by atoms with Crippen molar-refractivity contribution in [1.29, 1.82) is 5.26 Å². The van der Waals surface area contributed by atoms with Gasteiger partial charge in [-0.2, -0.15) is 5.26 Å². The minimum atomic E-state index is -2.62. The fourth-order valence-electron chi connectivity index (χ4n) is 4.38. The van der Waals surface area contributed by atoms with Crippen LogP contribution in [0.3, 0.4) is 0 Å². The summed E-state index contributed by atoms with van der Waals surface area (Å²) in [4.78, 5) is 13.3. The highest BCUT2D eigenvalue weighted by atomic mass is 28.4. The summed E-state index contributed by atoms with van der Waals surface area (Å²) >= 11 is 0. The minimum Gasteiger partial charge on any atom is -0.493 e. The second-order valence-electron chi connectivity index (χ2n) is 11.1. The van der Waals surface area contributed by atoms with Gasteiger partial charge in [0.1, 0.15) is 6.07 Å². The molecule has 2 aromatic carbocycles. The van der Waals surface area contributed by atoms with Gasteiger partial charge in [-0.25, -0.2) is 0 Å². The molecule has 218 valence electrons. The predicted octanol–water partition coefficient (Wildman–Crippen LogP) is 5.09. The number of methoxy groups -OCH3 is 4. The average Bonchev–Trinajstić information content (AvgIpc) is 3.41. The van der Waals surface area contributed by atoms with E-state index in [4.69, 9.17) is 32.8 Å². The first-order valence-electron chi connectivity index (χ1n) is 12.8. The first-order chi connectivity index (χ1) is 18.8. The van der Waals surface area contributed by atoms with Crippen molar-refractivity contribution in [2.75, 3.05) is 35.2 Å². The van der Waals surface area contributed by atoms with Gasteiger partial charge in [-0.1, -0.05) is 26.8 Å². The molecule has 0 saturated heterocycles. The molecule has 11 heteroatoms. The lowest BCUT2D eigenvalue weighted by Gasteiger charge is -2.44. The maximum Gasteiger partial charge on any atom is 0.311 e. The molecule has 0 radical (unpaired) electrons. The van der Waals surface area contributed by atoms with Gasteiger partial charge in [0.25, 0.3) is 0 Å². The van der Waals surface area contributed by atoms with Crippen LogP contribution in [0.4, 0.5) is 0 Å². The van der Waals surface area contributed by atoms with Crippen molar-refractivity contribution in [2.24, 2.45) is 5.92 Å². The third-order valence-corrected chi connectivity index (χ3v) is 12.1. The van der Waals surface area contributed by atoms with E-state index < -0.39 is 31.9 Å². The summed E-state index contributed by atoms with van der Waals surface area (Å²) in [7, 11) is 3.00. The zero-order valence-corrected chi connectivity index (χ0v) is 25.6. The van der Waals surface area contributed by atoms with Gasteiger partial charge in [-0.3, -0.25) is 4.79 Å². The zero-order valence-electron chi connectivity index (χ0n) is 24.6. The van der Waals surface area contributed by atoms with Gasteiger partial charge in [0.05, 0.1) is 40.5 Å². The summed E-state index contributed by atoms with van der Waals surface area (Å²) in [5.74, 6) is 0.0472. The zero-order chi connectivity index (χ0) is 29.9. The fraction of sp³-hybridized carbons (Fsp3) is 0.517. The van der Waals surface area contributed by atoms with E-state index in [0.717, 1.165) is 0 Å². The molecule has 1 aliphatic heterocycles. The Hall–Kier alpha value is -3.46. The summed E-state index contributed by atoms with van der Waals surface area (Å²) in [6, 6.07) is 10.6. The molecule has 0 aliphatic carbocycles. The number of fused-ring (bicyclic) bond motifs is 1. The van der Waals surface area contributed by atoms with E-state index in [1.807, 2.05) is 13.1 Å². The number of carbonyl (C=O) groups excluding carboxylic acids is 1. The minimum absolute atomic E-state index is 0.0616. The van der Waals surface area contributed by atoms with E-state index in [2.05, 4.69) is 26.8 Å². The van der Waals surface area contributed by atoms with Gasteiger partial charge in [0, 0.05) is 12.0 Å². The first kappa shape index (κ1) is 31.1. The monoisotopic (exact) mass is 573 g/mol. The lowest BCUT2D eigenvalue weighted by atomic mass is 9.81. The number of hydrogen-bond acceptors (Lipinski definition) is 10. The Balaban J connectivity index is 2.18. The van der Waals surface area contributed by atoms with E-state index >= 15 is 0 Å². The van der Waals surface area contributed by atoms with Gasteiger partial charge in [0.15, 0.2) is 36.9 Å². The highest BCUT2D eigenvalue weighted by molar-refractivity contribution is 6.74. The van der Waals surface area contributed by atoms with Crippen molar-refractivity contribution in [1.82, 2.24) is 0 Å². The Kier molecular flexibility index (Phi) is 9.29. The second-order valence-corrected chi connectivity index (χ2v) is 15.8. The third-order valence-electron chi connectivity index (χ3n) is 7.68. The summed E-state index contributed by atoms with van der Waals surface area (Å²) in [5.41, 5.74) is -0.838. The summed E-state index contributed by atoms with van der Waals surface area (Å²) in [5, 5.41) is 22.2.